The van der Waals surface area contributed by atoms with Gasteiger partial charge in [0, 0.05) is 42.2 Å². The van der Waals surface area contributed by atoms with Crippen molar-refractivity contribution in [3.8, 4) is 0 Å². The molecule has 0 spiro atoms. The van der Waals surface area contributed by atoms with Gasteiger partial charge in [0.25, 0.3) is 11.9 Å². The number of carbonyl (C=O) groups excluding carboxylic acids is 1. The summed E-state index contributed by atoms with van der Waals surface area (Å²) in [4.78, 5) is 20.2. The molecule has 1 amide bonds. The Bertz CT molecular complexity index is 1090. The number of rotatable bonds is 7. The molecule has 1 unspecified atom stereocenters. The number of aromatic nitrogens is 1. The van der Waals surface area contributed by atoms with Gasteiger partial charge in [-0.1, -0.05) is 36.6 Å². The molecular formula is C25H28ClN3O3. The van der Waals surface area contributed by atoms with E-state index in [1.165, 1.54) is 12.8 Å². The molecule has 168 valence electrons. The van der Waals surface area contributed by atoms with Gasteiger partial charge in [0.2, 0.25) is 0 Å². The van der Waals surface area contributed by atoms with Crippen molar-refractivity contribution in [1.82, 2.24) is 9.88 Å². The number of hydrogen-bond donors (Lipinski definition) is 1. The Morgan fingerprint density at radius 3 is 2.81 bits per heavy atom. The molecule has 2 aliphatic rings. The monoisotopic (exact) mass is 453 g/mol. The lowest BCUT2D eigenvalue weighted by Crippen LogP contribution is -2.42. The Hall–Kier alpha value is -2.57. The molecule has 0 bridgehead atoms. The minimum atomic E-state index is 0.0853. The zero-order valence-corrected chi connectivity index (χ0v) is 18.8. The van der Waals surface area contributed by atoms with Crippen molar-refractivity contribution in [2.24, 2.45) is 5.92 Å². The SMILES string of the molecule is O=C(c1ccc2oc(NCc3cccc(Cl)c3)nc2c1)N(CC1CCOC1)C1CCCC1. The molecule has 2 aromatic carbocycles. The van der Waals surface area contributed by atoms with Crippen LogP contribution >= 0.6 is 11.6 Å². The highest BCUT2D eigenvalue weighted by molar-refractivity contribution is 6.30. The smallest absolute Gasteiger partial charge is 0.295 e. The van der Waals surface area contributed by atoms with E-state index in [1.807, 2.05) is 42.5 Å². The van der Waals surface area contributed by atoms with Gasteiger partial charge >= 0.3 is 0 Å². The normalized spacial score (nSPS) is 19.0. The van der Waals surface area contributed by atoms with Gasteiger partial charge in [-0.3, -0.25) is 4.79 Å². The molecule has 1 aromatic heterocycles. The molecule has 6 nitrogen and oxygen atoms in total. The van der Waals surface area contributed by atoms with Gasteiger partial charge in [0.05, 0.1) is 6.61 Å². The first-order chi connectivity index (χ1) is 15.7. The number of nitrogens with one attached hydrogen (secondary N) is 1. The summed E-state index contributed by atoms with van der Waals surface area (Å²) in [5.41, 5.74) is 3.04. The molecule has 1 N–H and O–H groups in total. The molecule has 3 aromatic rings. The molecule has 1 saturated heterocycles. The third kappa shape index (κ3) is 4.76. The van der Waals surface area contributed by atoms with Crippen LogP contribution in [-0.2, 0) is 11.3 Å². The topological polar surface area (TPSA) is 67.6 Å². The van der Waals surface area contributed by atoms with E-state index in [4.69, 9.17) is 20.8 Å². The maximum atomic E-state index is 13.5. The molecule has 1 aliphatic carbocycles. The Kier molecular flexibility index (Phi) is 6.32. The molecule has 5 rings (SSSR count). The highest BCUT2D eigenvalue weighted by Gasteiger charge is 2.31. The van der Waals surface area contributed by atoms with Crippen LogP contribution in [0.1, 0.15) is 48.0 Å². The lowest BCUT2D eigenvalue weighted by Gasteiger charge is -2.31. The summed E-state index contributed by atoms with van der Waals surface area (Å²) < 4.78 is 11.4. The van der Waals surface area contributed by atoms with Crippen LogP contribution in [0.15, 0.2) is 46.9 Å². The average Bonchev–Trinajstić information content (AvgIpc) is 3.57. The van der Waals surface area contributed by atoms with Crippen molar-refractivity contribution in [2.75, 3.05) is 25.1 Å². The summed E-state index contributed by atoms with van der Waals surface area (Å²) in [6.45, 7) is 2.87. The second-order valence-electron chi connectivity index (χ2n) is 8.81. The Balaban J connectivity index is 1.32. The third-order valence-electron chi connectivity index (χ3n) is 6.47. The highest BCUT2D eigenvalue weighted by atomic mass is 35.5. The molecule has 1 saturated carbocycles. The van der Waals surface area contributed by atoms with Gasteiger partial charge < -0.3 is 19.4 Å². The average molecular weight is 454 g/mol. The number of amides is 1. The molecule has 32 heavy (non-hydrogen) atoms. The lowest BCUT2D eigenvalue weighted by molar-refractivity contribution is 0.0636. The third-order valence-corrected chi connectivity index (χ3v) is 6.71. The summed E-state index contributed by atoms with van der Waals surface area (Å²) in [6.07, 6.45) is 5.59. The highest BCUT2D eigenvalue weighted by Crippen LogP contribution is 2.28. The Labute approximate surface area is 192 Å². The predicted molar refractivity (Wildman–Crippen MR) is 125 cm³/mol. The summed E-state index contributed by atoms with van der Waals surface area (Å²) in [5.74, 6) is 0.514. The number of anilines is 1. The minimum absolute atomic E-state index is 0.0853. The number of hydrogen-bond acceptors (Lipinski definition) is 5. The van der Waals surface area contributed by atoms with Crippen molar-refractivity contribution in [1.29, 1.82) is 0 Å². The summed E-state index contributed by atoms with van der Waals surface area (Å²) in [6, 6.07) is 13.9. The van der Waals surface area contributed by atoms with Gasteiger partial charge in [0.15, 0.2) is 5.58 Å². The minimum Gasteiger partial charge on any atom is -0.424 e. The summed E-state index contributed by atoms with van der Waals surface area (Å²) in [5, 5.41) is 3.89. The fourth-order valence-corrected chi connectivity index (χ4v) is 4.96. The van der Waals surface area contributed by atoms with E-state index >= 15 is 0 Å². The van der Waals surface area contributed by atoms with Crippen molar-refractivity contribution in [3.05, 3.63) is 58.6 Å². The first-order valence-corrected chi connectivity index (χ1v) is 11.8. The number of carbonyl (C=O) groups is 1. The van der Waals surface area contributed by atoms with E-state index in [0.29, 0.717) is 46.2 Å². The number of fused-ring (bicyclic) bond motifs is 1. The largest absolute Gasteiger partial charge is 0.424 e. The molecule has 7 heteroatoms. The number of benzene rings is 2. The van der Waals surface area contributed by atoms with Crippen LogP contribution in [0.5, 0.6) is 0 Å². The van der Waals surface area contributed by atoms with Crippen molar-refractivity contribution >= 4 is 34.6 Å². The van der Waals surface area contributed by atoms with Crippen LogP contribution in [0, 0.1) is 5.92 Å². The summed E-state index contributed by atoms with van der Waals surface area (Å²) in [7, 11) is 0. The van der Waals surface area contributed by atoms with Gasteiger partial charge in [0.1, 0.15) is 5.52 Å². The van der Waals surface area contributed by atoms with E-state index in [0.717, 1.165) is 44.6 Å². The number of nitrogens with zero attached hydrogens (tertiary/aromatic N) is 2. The zero-order chi connectivity index (χ0) is 21.9. The van der Waals surface area contributed by atoms with Gasteiger partial charge in [-0.25, -0.2) is 0 Å². The fourth-order valence-electron chi connectivity index (χ4n) is 4.75. The fraction of sp³-hybridized carbons (Fsp3) is 0.440. The van der Waals surface area contributed by atoms with E-state index in [1.54, 1.807) is 0 Å². The van der Waals surface area contributed by atoms with Crippen molar-refractivity contribution in [3.63, 3.8) is 0 Å². The number of ether oxygens (including phenoxy) is 1. The van der Waals surface area contributed by atoms with Crippen LogP contribution in [0.25, 0.3) is 11.1 Å². The molecule has 1 aliphatic heterocycles. The van der Waals surface area contributed by atoms with E-state index < -0.39 is 0 Å². The zero-order valence-electron chi connectivity index (χ0n) is 18.1. The molecule has 1 atom stereocenters. The quantitative estimate of drug-likeness (QED) is 0.510. The van der Waals surface area contributed by atoms with Crippen LogP contribution in [0.3, 0.4) is 0 Å². The second-order valence-corrected chi connectivity index (χ2v) is 9.25. The maximum Gasteiger partial charge on any atom is 0.295 e. The van der Waals surface area contributed by atoms with Crippen LogP contribution in [-0.4, -0.2) is 41.6 Å². The second kappa shape index (κ2) is 9.51. The molecule has 2 fully saturated rings. The van der Waals surface area contributed by atoms with Crippen molar-refractivity contribution < 1.29 is 13.9 Å². The molecule has 0 radical (unpaired) electrons. The van der Waals surface area contributed by atoms with Crippen LogP contribution in [0.4, 0.5) is 6.01 Å². The van der Waals surface area contributed by atoms with Crippen molar-refractivity contribution in [2.45, 2.75) is 44.7 Å². The van der Waals surface area contributed by atoms with Crippen LogP contribution in [0.2, 0.25) is 5.02 Å². The lowest BCUT2D eigenvalue weighted by atomic mass is 10.0. The summed E-state index contributed by atoms with van der Waals surface area (Å²) >= 11 is 6.05. The van der Waals surface area contributed by atoms with E-state index in [9.17, 15) is 4.79 Å². The standard InChI is InChI=1S/C25H28ClN3O3/c26-20-5-3-4-17(12-20)14-27-25-28-22-13-19(8-9-23(22)32-25)24(30)29(21-6-1-2-7-21)15-18-10-11-31-16-18/h3-5,8-9,12-13,18,21H,1-2,6-7,10-11,14-16H2,(H,27,28). The first kappa shape index (κ1) is 21.3. The molecular weight excluding hydrogens is 426 g/mol. The Morgan fingerprint density at radius 1 is 1.16 bits per heavy atom. The van der Waals surface area contributed by atoms with E-state index in [2.05, 4.69) is 15.2 Å². The molecule has 2 heterocycles. The van der Waals surface area contributed by atoms with Crippen LogP contribution < -0.4 is 5.32 Å². The van der Waals surface area contributed by atoms with E-state index in [-0.39, 0.29) is 5.91 Å². The predicted octanol–water partition coefficient (Wildman–Crippen LogP) is 5.51. The first-order valence-electron chi connectivity index (χ1n) is 11.4. The van der Waals surface area contributed by atoms with Gasteiger partial charge in [-0.2, -0.15) is 4.98 Å². The van der Waals surface area contributed by atoms with Gasteiger partial charge in [-0.15, -0.1) is 0 Å². The maximum absolute atomic E-state index is 13.5. The Morgan fingerprint density at radius 2 is 2.03 bits per heavy atom. The number of halogens is 1. The number of oxazole rings is 1. The van der Waals surface area contributed by atoms with Gasteiger partial charge in [-0.05, 0) is 55.2 Å².